The number of imidazole rings is 1. The lowest BCUT2D eigenvalue weighted by molar-refractivity contribution is 0.0690. The molecule has 1 aromatic heterocycles. The molecule has 1 rings (SSSR count). The van der Waals surface area contributed by atoms with Crippen molar-refractivity contribution >= 4 is 5.97 Å². The van der Waals surface area contributed by atoms with E-state index in [0.717, 1.165) is 0 Å². The van der Waals surface area contributed by atoms with E-state index in [9.17, 15) is 4.79 Å². The molecular formula is C6H5N3O2. The summed E-state index contributed by atoms with van der Waals surface area (Å²) in [5, 5.41) is 16.9. The topological polar surface area (TPSA) is 78.9 Å². The molecule has 0 aliphatic rings. The molecule has 0 amide bonds. The lowest BCUT2D eigenvalue weighted by atomic mass is 10.3. The lowest BCUT2D eigenvalue weighted by Crippen LogP contribution is -2.01. The highest BCUT2D eigenvalue weighted by Crippen LogP contribution is 2.03. The van der Waals surface area contributed by atoms with Gasteiger partial charge in [-0.05, 0) is 0 Å². The number of aromatic nitrogens is 2. The molecule has 0 aliphatic carbocycles. The molecule has 0 atom stereocenters. The van der Waals surface area contributed by atoms with Gasteiger partial charge in [-0.3, -0.25) is 0 Å². The Bertz CT molecular complexity index is 334. The molecule has 0 saturated heterocycles. The monoisotopic (exact) mass is 151 g/mol. The number of hydrogen-bond donors (Lipinski definition) is 1. The second-order valence-corrected chi connectivity index (χ2v) is 1.97. The minimum atomic E-state index is -1.18. The van der Waals surface area contributed by atoms with Crippen LogP contribution in [0.15, 0.2) is 6.33 Å². The number of rotatable bonds is 1. The molecule has 0 aromatic carbocycles. The van der Waals surface area contributed by atoms with Crippen LogP contribution in [-0.2, 0) is 7.05 Å². The van der Waals surface area contributed by atoms with Crippen LogP contribution in [0, 0.1) is 11.3 Å². The molecular weight excluding hydrogens is 146 g/mol. The Hall–Kier alpha value is -1.83. The molecule has 0 saturated carbocycles. The standard InChI is InChI=1S/C6H5N3O2/c1-9-3-8-5(6(10)11)4(9)2-7/h3H,1H3,(H,10,11). The first-order chi connectivity index (χ1) is 5.16. The molecule has 5 heteroatoms. The van der Waals surface area contributed by atoms with Crippen LogP contribution in [0.1, 0.15) is 16.2 Å². The van der Waals surface area contributed by atoms with Crippen LogP contribution in [0.5, 0.6) is 0 Å². The molecule has 0 aliphatic heterocycles. The molecule has 1 heterocycles. The maximum atomic E-state index is 10.4. The fourth-order valence-corrected chi connectivity index (χ4v) is 0.719. The van der Waals surface area contributed by atoms with Crippen molar-refractivity contribution in [1.29, 1.82) is 5.26 Å². The molecule has 56 valence electrons. The summed E-state index contributed by atoms with van der Waals surface area (Å²) in [6.07, 6.45) is 1.29. The Morgan fingerprint density at radius 3 is 2.91 bits per heavy atom. The van der Waals surface area contributed by atoms with E-state index >= 15 is 0 Å². The van der Waals surface area contributed by atoms with Gasteiger partial charge in [0, 0.05) is 7.05 Å². The summed E-state index contributed by atoms with van der Waals surface area (Å²) in [7, 11) is 1.57. The van der Waals surface area contributed by atoms with Crippen LogP contribution in [-0.4, -0.2) is 20.6 Å². The predicted molar refractivity (Wildman–Crippen MR) is 34.9 cm³/mol. The summed E-state index contributed by atoms with van der Waals surface area (Å²) in [6.45, 7) is 0. The molecule has 0 spiro atoms. The van der Waals surface area contributed by atoms with Gasteiger partial charge in [0.25, 0.3) is 0 Å². The number of carbonyl (C=O) groups is 1. The third-order valence-electron chi connectivity index (χ3n) is 1.25. The largest absolute Gasteiger partial charge is 0.476 e. The first-order valence-electron chi connectivity index (χ1n) is 2.81. The zero-order valence-electron chi connectivity index (χ0n) is 5.77. The normalized spacial score (nSPS) is 9.09. The van der Waals surface area contributed by atoms with Crippen molar-refractivity contribution in [2.45, 2.75) is 0 Å². The summed E-state index contributed by atoms with van der Waals surface area (Å²) in [6, 6.07) is 1.74. The minimum absolute atomic E-state index is 0.0671. The zero-order valence-corrected chi connectivity index (χ0v) is 5.77. The second kappa shape index (κ2) is 2.42. The summed E-state index contributed by atoms with van der Waals surface area (Å²) >= 11 is 0. The summed E-state index contributed by atoms with van der Waals surface area (Å²) < 4.78 is 1.36. The molecule has 1 N–H and O–H groups in total. The van der Waals surface area contributed by atoms with E-state index in [-0.39, 0.29) is 11.4 Å². The SMILES string of the molecule is Cn1cnc(C(=O)O)c1C#N. The molecule has 0 bridgehead atoms. The molecule has 5 nitrogen and oxygen atoms in total. The summed E-state index contributed by atoms with van der Waals surface area (Å²) in [4.78, 5) is 13.9. The first kappa shape index (κ1) is 7.28. The zero-order chi connectivity index (χ0) is 8.43. The maximum absolute atomic E-state index is 10.4. The van der Waals surface area contributed by atoms with E-state index in [1.54, 1.807) is 13.1 Å². The number of carboxylic acid groups (broad SMARTS) is 1. The number of hydrogen-bond acceptors (Lipinski definition) is 3. The van der Waals surface area contributed by atoms with E-state index in [2.05, 4.69) is 4.98 Å². The average molecular weight is 151 g/mol. The van der Waals surface area contributed by atoms with Gasteiger partial charge < -0.3 is 9.67 Å². The van der Waals surface area contributed by atoms with Gasteiger partial charge in [0.1, 0.15) is 6.07 Å². The van der Waals surface area contributed by atoms with E-state index in [1.165, 1.54) is 10.9 Å². The van der Waals surface area contributed by atoms with Gasteiger partial charge in [-0.2, -0.15) is 5.26 Å². The maximum Gasteiger partial charge on any atom is 0.357 e. The van der Waals surface area contributed by atoms with Crippen LogP contribution in [0.4, 0.5) is 0 Å². The summed E-state index contributed by atoms with van der Waals surface area (Å²) in [5.41, 5.74) is -0.132. The van der Waals surface area contributed by atoms with Crippen molar-refractivity contribution in [2.24, 2.45) is 7.05 Å². The number of nitriles is 1. The Balaban J connectivity index is 3.30. The molecule has 0 radical (unpaired) electrons. The number of aryl methyl sites for hydroxylation is 1. The van der Waals surface area contributed by atoms with E-state index in [4.69, 9.17) is 10.4 Å². The van der Waals surface area contributed by atoms with Gasteiger partial charge in [-0.25, -0.2) is 9.78 Å². The lowest BCUT2D eigenvalue weighted by Gasteiger charge is -1.89. The third-order valence-corrected chi connectivity index (χ3v) is 1.25. The molecule has 11 heavy (non-hydrogen) atoms. The van der Waals surface area contributed by atoms with Crippen LogP contribution in [0.2, 0.25) is 0 Å². The van der Waals surface area contributed by atoms with Crippen molar-refractivity contribution < 1.29 is 9.90 Å². The first-order valence-corrected chi connectivity index (χ1v) is 2.81. The van der Waals surface area contributed by atoms with Gasteiger partial charge >= 0.3 is 5.97 Å². The van der Waals surface area contributed by atoms with Gasteiger partial charge in [0.15, 0.2) is 11.4 Å². The smallest absolute Gasteiger partial charge is 0.357 e. The van der Waals surface area contributed by atoms with Gasteiger partial charge in [0.2, 0.25) is 0 Å². The van der Waals surface area contributed by atoms with Crippen LogP contribution in [0.3, 0.4) is 0 Å². The highest BCUT2D eigenvalue weighted by atomic mass is 16.4. The van der Waals surface area contributed by atoms with E-state index in [0.29, 0.717) is 0 Å². The number of aromatic carboxylic acids is 1. The van der Waals surface area contributed by atoms with Crippen molar-refractivity contribution in [3.63, 3.8) is 0 Å². The Morgan fingerprint density at radius 2 is 2.55 bits per heavy atom. The van der Waals surface area contributed by atoms with Gasteiger partial charge in [0.05, 0.1) is 6.33 Å². The summed E-state index contributed by atoms with van der Waals surface area (Å²) in [5.74, 6) is -1.18. The van der Waals surface area contributed by atoms with Gasteiger partial charge in [-0.15, -0.1) is 0 Å². The highest BCUT2D eigenvalue weighted by Gasteiger charge is 2.14. The fraction of sp³-hybridized carbons (Fsp3) is 0.167. The second-order valence-electron chi connectivity index (χ2n) is 1.97. The van der Waals surface area contributed by atoms with Crippen molar-refractivity contribution in [3.05, 3.63) is 17.7 Å². The minimum Gasteiger partial charge on any atom is -0.476 e. The van der Waals surface area contributed by atoms with Crippen molar-refractivity contribution in [3.8, 4) is 6.07 Å². The van der Waals surface area contributed by atoms with E-state index < -0.39 is 5.97 Å². The predicted octanol–water partition coefficient (Wildman–Crippen LogP) is -0.0100. The third kappa shape index (κ3) is 1.05. The Labute approximate surface area is 62.5 Å². The van der Waals surface area contributed by atoms with Crippen LogP contribution in [0.25, 0.3) is 0 Å². The van der Waals surface area contributed by atoms with Crippen molar-refractivity contribution in [1.82, 2.24) is 9.55 Å². The van der Waals surface area contributed by atoms with Crippen molar-refractivity contribution in [2.75, 3.05) is 0 Å². The molecule has 0 fully saturated rings. The van der Waals surface area contributed by atoms with Crippen LogP contribution < -0.4 is 0 Å². The average Bonchev–Trinajstić information content (AvgIpc) is 2.30. The number of nitrogens with zero attached hydrogens (tertiary/aromatic N) is 3. The number of carboxylic acids is 1. The highest BCUT2D eigenvalue weighted by molar-refractivity contribution is 5.87. The Morgan fingerprint density at radius 1 is 1.91 bits per heavy atom. The van der Waals surface area contributed by atoms with Gasteiger partial charge in [-0.1, -0.05) is 0 Å². The quantitative estimate of drug-likeness (QED) is 0.612. The Kier molecular flexibility index (Phi) is 1.60. The fourth-order valence-electron chi connectivity index (χ4n) is 0.719. The molecule has 1 aromatic rings. The molecule has 0 unspecified atom stereocenters. The van der Waals surface area contributed by atoms with Crippen LogP contribution >= 0.6 is 0 Å². The van der Waals surface area contributed by atoms with E-state index in [1.807, 2.05) is 0 Å².